The van der Waals surface area contributed by atoms with Crippen molar-refractivity contribution >= 4 is 22.4 Å². The Bertz CT molecular complexity index is 1160. The Morgan fingerprint density at radius 3 is 2.90 bits per heavy atom. The van der Waals surface area contributed by atoms with Crippen LogP contribution in [-0.4, -0.2) is 51.2 Å². The molecule has 2 aromatic rings. The number of amides is 1. The molecule has 3 aliphatic rings. The summed E-state index contributed by atoms with van der Waals surface area (Å²) in [5, 5.41) is 8.84. The third-order valence-electron chi connectivity index (χ3n) is 5.84. The SMILES string of the molecule is C[C@@H]1CN(C2=CN3C(=O)/C=C(c4ccc5c(cnn5C)c4)\C=C\C=C3C=C2)CCN1. The zero-order valence-electron chi connectivity index (χ0n) is 17.2. The summed E-state index contributed by atoms with van der Waals surface area (Å²) in [5.74, 6) is -0.0445. The van der Waals surface area contributed by atoms with Crippen LogP contribution in [0.4, 0.5) is 0 Å². The Balaban J connectivity index is 1.47. The molecule has 0 saturated carbocycles. The lowest BCUT2D eigenvalue weighted by molar-refractivity contribution is -0.122. The van der Waals surface area contributed by atoms with Crippen molar-refractivity contribution < 1.29 is 4.79 Å². The van der Waals surface area contributed by atoms with Gasteiger partial charge in [-0.2, -0.15) is 5.10 Å². The summed E-state index contributed by atoms with van der Waals surface area (Å²) in [5.41, 5.74) is 4.92. The van der Waals surface area contributed by atoms with Gasteiger partial charge in [0.05, 0.1) is 17.4 Å². The summed E-state index contributed by atoms with van der Waals surface area (Å²) in [6, 6.07) is 6.60. The number of hydrogen-bond donors (Lipinski definition) is 1. The van der Waals surface area contributed by atoms with E-state index in [2.05, 4.69) is 34.4 Å². The number of rotatable bonds is 2. The molecule has 3 aliphatic heterocycles. The topological polar surface area (TPSA) is 53.4 Å². The Kier molecular flexibility index (Phi) is 4.64. The molecule has 1 saturated heterocycles. The lowest BCUT2D eigenvalue weighted by Gasteiger charge is -2.36. The van der Waals surface area contributed by atoms with Crippen molar-refractivity contribution in [3.63, 3.8) is 0 Å². The zero-order valence-corrected chi connectivity index (χ0v) is 17.2. The van der Waals surface area contributed by atoms with Crippen LogP contribution in [-0.2, 0) is 11.8 Å². The molecule has 6 heteroatoms. The van der Waals surface area contributed by atoms with Gasteiger partial charge < -0.3 is 10.2 Å². The maximum atomic E-state index is 13.2. The molecule has 1 N–H and O–H groups in total. The number of aromatic nitrogens is 2. The lowest BCUT2D eigenvalue weighted by Crippen LogP contribution is -2.48. The third-order valence-corrected chi connectivity index (χ3v) is 5.84. The highest BCUT2D eigenvalue weighted by atomic mass is 16.2. The molecular weight excluding hydrogens is 374 g/mol. The minimum absolute atomic E-state index is 0.0445. The van der Waals surface area contributed by atoms with Crippen molar-refractivity contribution in [3.05, 3.63) is 84.0 Å². The Labute approximate surface area is 176 Å². The number of aryl methyl sites for hydroxylation is 1. The molecule has 1 amide bonds. The van der Waals surface area contributed by atoms with Crippen LogP contribution in [0.2, 0.25) is 0 Å². The van der Waals surface area contributed by atoms with E-state index in [1.165, 1.54) is 0 Å². The monoisotopic (exact) mass is 399 g/mol. The first kappa shape index (κ1) is 18.6. The van der Waals surface area contributed by atoms with Crippen LogP contribution in [0.15, 0.2) is 78.4 Å². The van der Waals surface area contributed by atoms with E-state index in [-0.39, 0.29) is 5.91 Å². The third kappa shape index (κ3) is 3.39. The van der Waals surface area contributed by atoms with Crippen LogP contribution < -0.4 is 5.32 Å². The molecule has 1 aromatic carbocycles. The van der Waals surface area contributed by atoms with E-state index in [1.54, 1.807) is 11.0 Å². The van der Waals surface area contributed by atoms with Gasteiger partial charge in [-0.25, -0.2) is 0 Å². The van der Waals surface area contributed by atoms with Gasteiger partial charge in [-0.3, -0.25) is 14.4 Å². The van der Waals surface area contributed by atoms with Crippen LogP contribution >= 0.6 is 0 Å². The molecule has 0 bridgehead atoms. The summed E-state index contributed by atoms with van der Waals surface area (Å²) < 4.78 is 1.85. The van der Waals surface area contributed by atoms with Crippen molar-refractivity contribution in [2.75, 3.05) is 19.6 Å². The van der Waals surface area contributed by atoms with Gasteiger partial charge in [-0.05, 0) is 48.4 Å². The molecule has 4 heterocycles. The molecule has 1 aromatic heterocycles. The van der Waals surface area contributed by atoms with Crippen LogP contribution in [0, 0.1) is 0 Å². The first-order chi connectivity index (χ1) is 14.6. The fourth-order valence-electron chi connectivity index (χ4n) is 4.21. The van der Waals surface area contributed by atoms with Gasteiger partial charge in [0.2, 0.25) is 0 Å². The highest BCUT2D eigenvalue weighted by Gasteiger charge is 2.23. The van der Waals surface area contributed by atoms with Crippen molar-refractivity contribution in [1.82, 2.24) is 24.9 Å². The van der Waals surface area contributed by atoms with Gasteiger partial charge in [0, 0.05) is 56.1 Å². The number of nitrogens with zero attached hydrogens (tertiary/aromatic N) is 4. The molecule has 1 atom stereocenters. The van der Waals surface area contributed by atoms with Gasteiger partial charge >= 0.3 is 0 Å². The maximum Gasteiger partial charge on any atom is 0.255 e. The molecule has 0 aliphatic carbocycles. The van der Waals surface area contributed by atoms with Crippen LogP contribution in [0.3, 0.4) is 0 Å². The van der Waals surface area contributed by atoms with E-state index >= 15 is 0 Å². The van der Waals surface area contributed by atoms with Gasteiger partial charge in [0.1, 0.15) is 0 Å². The summed E-state index contributed by atoms with van der Waals surface area (Å²) in [6.07, 6.45) is 15.6. The second-order valence-electron chi connectivity index (χ2n) is 7.99. The minimum atomic E-state index is -0.0445. The highest BCUT2D eigenvalue weighted by Crippen LogP contribution is 2.27. The average Bonchev–Trinajstić information content (AvgIpc) is 3.12. The molecule has 0 spiro atoms. The van der Waals surface area contributed by atoms with Crippen molar-refractivity contribution in [2.24, 2.45) is 7.05 Å². The number of benzene rings is 1. The Morgan fingerprint density at radius 2 is 2.03 bits per heavy atom. The quantitative estimate of drug-likeness (QED) is 0.844. The van der Waals surface area contributed by atoms with E-state index in [0.29, 0.717) is 6.04 Å². The molecule has 0 radical (unpaired) electrons. The number of hydrogen-bond acceptors (Lipinski definition) is 4. The average molecular weight is 399 g/mol. The van der Waals surface area contributed by atoms with Gasteiger partial charge in [-0.1, -0.05) is 18.2 Å². The Hall–Kier alpha value is -3.38. The fourth-order valence-corrected chi connectivity index (χ4v) is 4.21. The van der Waals surface area contributed by atoms with E-state index in [0.717, 1.165) is 53.1 Å². The normalized spacial score (nSPS) is 24.5. The first-order valence-corrected chi connectivity index (χ1v) is 10.3. The van der Waals surface area contributed by atoms with E-state index in [4.69, 9.17) is 0 Å². The molecular formula is C24H25N5O. The van der Waals surface area contributed by atoms with Crippen molar-refractivity contribution in [3.8, 4) is 0 Å². The second kappa shape index (κ2) is 7.46. The second-order valence-corrected chi connectivity index (χ2v) is 7.99. The number of carbonyl (C=O) groups is 1. The zero-order chi connectivity index (χ0) is 20.7. The summed E-state index contributed by atoms with van der Waals surface area (Å²) in [7, 11) is 1.93. The standard InChI is InChI=1S/C24H25N5O/c1-17-15-28(11-10-25-17)22-8-7-21-5-3-4-18(13-24(30)29(21)16-22)19-6-9-23-20(12-19)14-26-27(23)2/h3-9,12-14,16-17,25H,10-11,15H2,1-2H3/b4-3+,18-13+,21-5?/t17-/m1/s1. The van der Waals surface area contributed by atoms with Gasteiger partial charge in [0.15, 0.2) is 0 Å². The molecule has 5 rings (SSSR count). The van der Waals surface area contributed by atoms with Crippen molar-refractivity contribution in [2.45, 2.75) is 13.0 Å². The number of allylic oxidation sites excluding steroid dienone is 6. The van der Waals surface area contributed by atoms with Crippen LogP contribution in [0.1, 0.15) is 12.5 Å². The maximum absolute atomic E-state index is 13.2. The largest absolute Gasteiger partial charge is 0.368 e. The lowest BCUT2D eigenvalue weighted by atomic mass is 10.0. The number of fused-ring (bicyclic) bond motifs is 2. The molecule has 1 fully saturated rings. The summed E-state index contributed by atoms with van der Waals surface area (Å²) >= 11 is 0. The predicted molar refractivity (Wildman–Crippen MR) is 119 cm³/mol. The Morgan fingerprint density at radius 1 is 1.17 bits per heavy atom. The van der Waals surface area contributed by atoms with Crippen molar-refractivity contribution in [1.29, 1.82) is 0 Å². The highest BCUT2D eigenvalue weighted by molar-refractivity contribution is 6.00. The number of carbonyl (C=O) groups excluding carboxylic acids is 1. The van der Waals surface area contributed by atoms with Crippen LogP contribution in [0.25, 0.3) is 16.5 Å². The van der Waals surface area contributed by atoms with Gasteiger partial charge in [0.25, 0.3) is 5.91 Å². The predicted octanol–water partition coefficient (Wildman–Crippen LogP) is 2.94. The fraction of sp³-hybridized carbons (Fsp3) is 0.250. The smallest absolute Gasteiger partial charge is 0.255 e. The van der Waals surface area contributed by atoms with Gasteiger partial charge in [-0.15, -0.1) is 0 Å². The summed E-state index contributed by atoms with van der Waals surface area (Å²) in [6.45, 7) is 5.01. The van der Waals surface area contributed by atoms with E-state index in [1.807, 2.05) is 60.6 Å². The van der Waals surface area contributed by atoms with Crippen LogP contribution in [0.5, 0.6) is 0 Å². The molecule has 0 unspecified atom stereocenters. The number of piperazine rings is 1. The minimum Gasteiger partial charge on any atom is -0.368 e. The molecule has 152 valence electrons. The summed E-state index contributed by atoms with van der Waals surface area (Å²) in [4.78, 5) is 17.3. The van der Waals surface area contributed by atoms with E-state index in [9.17, 15) is 4.79 Å². The molecule has 30 heavy (non-hydrogen) atoms. The molecule has 6 nitrogen and oxygen atoms in total. The van der Waals surface area contributed by atoms with E-state index < -0.39 is 0 Å². The number of nitrogens with one attached hydrogen (secondary N) is 1. The first-order valence-electron chi connectivity index (χ1n) is 10.3.